The van der Waals surface area contributed by atoms with Gasteiger partial charge in [0.25, 0.3) is 0 Å². The second-order valence-corrected chi connectivity index (χ2v) is 7.79. The van der Waals surface area contributed by atoms with E-state index in [4.69, 9.17) is 9.84 Å². The maximum atomic E-state index is 12.2. The Hall–Kier alpha value is -1.93. The Balaban J connectivity index is 1.76. The first-order valence-electron chi connectivity index (χ1n) is 9.36. The average molecular weight is 396 g/mol. The van der Waals surface area contributed by atoms with Crippen LogP contribution in [0.4, 0.5) is 21.0 Å². The minimum absolute atomic E-state index is 0.143. The SMILES string of the molecule is CCC(CSCCN1CCCC1)OC(=O)Nc1ccc(C)c(NC(=O)O)c1. The van der Waals surface area contributed by atoms with Crippen molar-refractivity contribution in [2.24, 2.45) is 0 Å². The number of nitrogens with one attached hydrogen (secondary N) is 2. The van der Waals surface area contributed by atoms with Crippen LogP contribution in [-0.2, 0) is 4.74 Å². The summed E-state index contributed by atoms with van der Waals surface area (Å²) in [4.78, 5) is 25.4. The van der Waals surface area contributed by atoms with Crippen molar-refractivity contribution in [1.29, 1.82) is 0 Å². The molecule has 7 nitrogen and oxygen atoms in total. The van der Waals surface area contributed by atoms with Crippen molar-refractivity contribution < 1.29 is 19.4 Å². The minimum Gasteiger partial charge on any atom is -0.465 e. The van der Waals surface area contributed by atoms with E-state index in [2.05, 4.69) is 15.5 Å². The van der Waals surface area contributed by atoms with Gasteiger partial charge in [0, 0.05) is 29.4 Å². The third-order valence-electron chi connectivity index (χ3n) is 4.51. The van der Waals surface area contributed by atoms with Crippen LogP contribution in [-0.4, -0.2) is 59.4 Å². The Morgan fingerprint density at radius 1 is 1.30 bits per heavy atom. The van der Waals surface area contributed by atoms with E-state index in [1.165, 1.54) is 25.9 Å². The first-order valence-corrected chi connectivity index (χ1v) is 10.5. The number of benzene rings is 1. The van der Waals surface area contributed by atoms with Crippen molar-refractivity contribution >= 4 is 35.3 Å². The van der Waals surface area contributed by atoms with Gasteiger partial charge in [-0.15, -0.1) is 0 Å². The molecule has 0 aromatic heterocycles. The molecule has 2 rings (SSSR count). The van der Waals surface area contributed by atoms with Crippen LogP contribution in [0.15, 0.2) is 18.2 Å². The second kappa shape index (κ2) is 11.0. The molecule has 0 saturated carbocycles. The summed E-state index contributed by atoms with van der Waals surface area (Å²) in [5, 5.41) is 13.8. The zero-order chi connectivity index (χ0) is 19.6. The Kier molecular flexibility index (Phi) is 8.74. The number of hydrogen-bond acceptors (Lipinski definition) is 5. The monoisotopic (exact) mass is 395 g/mol. The fourth-order valence-electron chi connectivity index (χ4n) is 2.90. The molecule has 1 heterocycles. The molecule has 0 aliphatic carbocycles. The molecule has 8 heteroatoms. The standard InChI is InChI=1S/C19H29N3O4S/c1-3-16(13-27-11-10-22-8-4-5-9-22)26-19(25)20-15-7-6-14(2)17(12-15)21-18(23)24/h6-7,12,16,21H,3-5,8-11,13H2,1-2H3,(H,20,25)(H,23,24). The predicted octanol–water partition coefficient (Wildman–Crippen LogP) is 4.24. The van der Waals surface area contributed by atoms with Crippen LogP contribution in [0.1, 0.15) is 31.7 Å². The first kappa shape index (κ1) is 21.4. The number of anilines is 2. The lowest BCUT2D eigenvalue weighted by Crippen LogP contribution is -2.25. The van der Waals surface area contributed by atoms with Crippen LogP contribution in [0.3, 0.4) is 0 Å². The molecule has 27 heavy (non-hydrogen) atoms. The van der Waals surface area contributed by atoms with Gasteiger partial charge in [-0.3, -0.25) is 10.6 Å². The lowest BCUT2D eigenvalue weighted by Gasteiger charge is -2.18. The molecule has 2 amide bonds. The third kappa shape index (κ3) is 7.68. The van der Waals surface area contributed by atoms with E-state index in [0.717, 1.165) is 30.0 Å². The molecule has 1 aliphatic heterocycles. The summed E-state index contributed by atoms with van der Waals surface area (Å²) < 4.78 is 5.51. The number of carboxylic acid groups (broad SMARTS) is 1. The molecule has 0 spiro atoms. The number of aryl methyl sites for hydroxylation is 1. The van der Waals surface area contributed by atoms with Crippen LogP contribution in [0.5, 0.6) is 0 Å². The van der Waals surface area contributed by atoms with Crippen molar-refractivity contribution in [3.63, 3.8) is 0 Å². The van der Waals surface area contributed by atoms with Gasteiger partial charge in [0.05, 0.1) is 0 Å². The van der Waals surface area contributed by atoms with Crippen LogP contribution in [0, 0.1) is 6.92 Å². The smallest absolute Gasteiger partial charge is 0.411 e. The highest BCUT2D eigenvalue weighted by Gasteiger charge is 2.15. The van der Waals surface area contributed by atoms with Crippen LogP contribution >= 0.6 is 11.8 Å². The molecule has 1 unspecified atom stereocenters. The van der Waals surface area contributed by atoms with Gasteiger partial charge in [-0.25, -0.2) is 9.59 Å². The van der Waals surface area contributed by atoms with Crippen molar-refractivity contribution in [3.05, 3.63) is 23.8 Å². The summed E-state index contributed by atoms with van der Waals surface area (Å²) in [7, 11) is 0. The number of ether oxygens (including phenoxy) is 1. The highest BCUT2D eigenvalue weighted by Crippen LogP contribution is 2.21. The summed E-state index contributed by atoms with van der Waals surface area (Å²) >= 11 is 1.81. The number of amides is 2. The van der Waals surface area contributed by atoms with E-state index >= 15 is 0 Å². The molecule has 1 aromatic carbocycles. The fourth-order valence-corrected chi connectivity index (χ4v) is 4.02. The third-order valence-corrected chi connectivity index (χ3v) is 5.59. The molecule has 1 aliphatic rings. The lowest BCUT2D eigenvalue weighted by molar-refractivity contribution is 0.121. The van der Waals surface area contributed by atoms with Crippen LogP contribution < -0.4 is 10.6 Å². The summed E-state index contributed by atoms with van der Waals surface area (Å²) in [6.45, 7) is 7.29. The summed E-state index contributed by atoms with van der Waals surface area (Å²) in [5.41, 5.74) is 1.70. The topological polar surface area (TPSA) is 90.9 Å². The molecule has 3 N–H and O–H groups in total. The Morgan fingerprint density at radius 2 is 2.04 bits per heavy atom. The largest absolute Gasteiger partial charge is 0.465 e. The summed E-state index contributed by atoms with van der Waals surface area (Å²) in [5.74, 6) is 1.82. The van der Waals surface area contributed by atoms with Crippen LogP contribution in [0.25, 0.3) is 0 Å². The average Bonchev–Trinajstić information content (AvgIpc) is 3.13. The quantitative estimate of drug-likeness (QED) is 0.542. The summed E-state index contributed by atoms with van der Waals surface area (Å²) in [6.07, 6.45) is 1.55. The van der Waals surface area contributed by atoms with Crippen molar-refractivity contribution in [1.82, 2.24) is 4.90 Å². The Morgan fingerprint density at radius 3 is 2.70 bits per heavy atom. The number of carbonyl (C=O) groups is 2. The van der Waals surface area contributed by atoms with E-state index in [1.54, 1.807) is 25.1 Å². The fraction of sp³-hybridized carbons (Fsp3) is 0.579. The minimum atomic E-state index is -1.14. The van der Waals surface area contributed by atoms with E-state index in [1.807, 2.05) is 18.7 Å². The van der Waals surface area contributed by atoms with Gasteiger partial charge in [-0.2, -0.15) is 11.8 Å². The second-order valence-electron chi connectivity index (χ2n) is 6.64. The highest BCUT2D eigenvalue weighted by molar-refractivity contribution is 7.99. The van der Waals surface area contributed by atoms with Gasteiger partial charge in [-0.1, -0.05) is 13.0 Å². The zero-order valence-corrected chi connectivity index (χ0v) is 16.8. The highest BCUT2D eigenvalue weighted by atomic mass is 32.2. The van der Waals surface area contributed by atoms with Gasteiger partial charge in [0.15, 0.2) is 0 Å². The van der Waals surface area contributed by atoms with Crippen molar-refractivity contribution in [2.75, 3.05) is 41.8 Å². The molecule has 150 valence electrons. The van der Waals surface area contributed by atoms with Gasteiger partial charge < -0.3 is 14.7 Å². The molecular weight excluding hydrogens is 366 g/mol. The number of thioether (sulfide) groups is 1. The Bertz CT molecular complexity index is 635. The van der Waals surface area contributed by atoms with Gasteiger partial charge in [0.1, 0.15) is 6.10 Å². The maximum absolute atomic E-state index is 12.2. The molecule has 1 fully saturated rings. The normalized spacial score (nSPS) is 15.3. The number of likely N-dealkylation sites (tertiary alicyclic amines) is 1. The van der Waals surface area contributed by atoms with Crippen molar-refractivity contribution in [2.45, 2.75) is 39.2 Å². The van der Waals surface area contributed by atoms with E-state index < -0.39 is 12.2 Å². The van der Waals surface area contributed by atoms with Crippen LogP contribution in [0.2, 0.25) is 0 Å². The van der Waals surface area contributed by atoms with Gasteiger partial charge >= 0.3 is 12.2 Å². The number of rotatable bonds is 9. The summed E-state index contributed by atoms with van der Waals surface area (Å²) in [6, 6.07) is 5.04. The molecule has 1 saturated heterocycles. The molecular formula is C19H29N3O4S. The van der Waals surface area contributed by atoms with E-state index in [0.29, 0.717) is 11.4 Å². The molecule has 1 aromatic rings. The number of carbonyl (C=O) groups excluding carboxylic acids is 1. The Labute approximate surface area is 164 Å². The van der Waals surface area contributed by atoms with Crippen molar-refractivity contribution in [3.8, 4) is 0 Å². The predicted molar refractivity (Wildman–Crippen MR) is 110 cm³/mol. The van der Waals surface area contributed by atoms with E-state index in [-0.39, 0.29) is 6.10 Å². The molecule has 0 radical (unpaired) electrons. The lowest BCUT2D eigenvalue weighted by atomic mass is 10.2. The van der Waals surface area contributed by atoms with Gasteiger partial charge in [0.2, 0.25) is 0 Å². The van der Waals surface area contributed by atoms with E-state index in [9.17, 15) is 9.59 Å². The number of nitrogens with zero attached hydrogens (tertiary/aromatic N) is 1. The van der Waals surface area contributed by atoms with Gasteiger partial charge in [-0.05, 0) is 57.0 Å². The molecule has 1 atom stereocenters. The zero-order valence-electron chi connectivity index (χ0n) is 16.0. The maximum Gasteiger partial charge on any atom is 0.411 e. The number of hydrogen-bond donors (Lipinski definition) is 3. The molecule has 0 bridgehead atoms. The first-order chi connectivity index (χ1) is 13.0.